The molecule has 0 aliphatic carbocycles. The number of pyridine rings is 1. The Morgan fingerprint density at radius 2 is 1.68 bits per heavy atom. The minimum absolute atomic E-state index is 0.103. The van der Waals surface area contributed by atoms with Gasteiger partial charge in [-0.2, -0.15) is 31.3 Å². The van der Waals surface area contributed by atoms with Crippen LogP contribution in [0.2, 0.25) is 0 Å². The lowest BCUT2D eigenvalue weighted by atomic mass is 10.2. The Balaban J connectivity index is 2.23. The Morgan fingerprint density at radius 1 is 1.13 bits per heavy atom. The third-order valence-corrected chi connectivity index (χ3v) is 3.42. The minimum atomic E-state index is -4.75. The Bertz CT molecular complexity index is 868. The second-order valence-electron chi connectivity index (χ2n) is 5.78. The van der Waals surface area contributed by atoms with Gasteiger partial charge in [0.05, 0.1) is 18.4 Å². The first-order valence-corrected chi connectivity index (χ1v) is 8.55. The van der Waals surface area contributed by atoms with Gasteiger partial charge in [0.1, 0.15) is 5.76 Å². The maximum atomic E-state index is 12.5. The number of rotatable bonds is 7. The van der Waals surface area contributed by atoms with E-state index < -0.39 is 48.8 Å². The number of carbonyl (C=O) groups excluding carboxylic acids is 1. The number of furan rings is 1. The van der Waals surface area contributed by atoms with Crippen molar-refractivity contribution in [1.82, 2.24) is 15.4 Å². The normalized spacial score (nSPS) is 11.7. The summed E-state index contributed by atoms with van der Waals surface area (Å²) in [5.74, 6) is -2.20. The van der Waals surface area contributed by atoms with Crippen molar-refractivity contribution >= 4 is 23.2 Å². The van der Waals surface area contributed by atoms with E-state index in [1.807, 2.05) is 0 Å². The van der Waals surface area contributed by atoms with E-state index in [-0.39, 0.29) is 11.7 Å². The minimum Gasteiger partial charge on any atom is -0.468 e. The molecule has 1 amide bonds. The van der Waals surface area contributed by atoms with E-state index in [1.165, 1.54) is 6.26 Å². The van der Waals surface area contributed by atoms with E-state index in [4.69, 9.17) is 22.4 Å². The van der Waals surface area contributed by atoms with Crippen molar-refractivity contribution in [2.45, 2.75) is 18.9 Å². The van der Waals surface area contributed by atoms with Crippen LogP contribution in [0.5, 0.6) is 11.8 Å². The molecule has 0 bridgehead atoms. The van der Waals surface area contributed by atoms with Gasteiger partial charge in [0.2, 0.25) is 11.8 Å². The smallest absolute Gasteiger partial charge is 0.422 e. The van der Waals surface area contributed by atoms with Crippen LogP contribution in [0.25, 0.3) is 0 Å². The molecule has 0 saturated heterocycles. The highest BCUT2D eigenvalue weighted by Gasteiger charge is 2.30. The average molecular weight is 472 g/mol. The fraction of sp³-hybridized carbons (Fsp3) is 0.312. The molecule has 15 heteroatoms. The predicted molar refractivity (Wildman–Crippen MR) is 95.8 cm³/mol. The summed E-state index contributed by atoms with van der Waals surface area (Å²) in [6, 6.07) is 4.68. The SMILES string of the molecule is NC(=S)N(Cc1ccco1)NC(=O)c1cc(OCC(F)(F)F)nc(OCC(F)(F)F)c1. The van der Waals surface area contributed by atoms with E-state index >= 15 is 0 Å². The number of alkyl halides is 6. The molecular formula is C16H14F6N4O4S. The summed E-state index contributed by atoms with van der Waals surface area (Å²) in [7, 11) is 0. The molecule has 2 aromatic heterocycles. The van der Waals surface area contributed by atoms with E-state index in [0.29, 0.717) is 5.76 Å². The van der Waals surface area contributed by atoms with Gasteiger partial charge >= 0.3 is 12.4 Å². The average Bonchev–Trinajstić information content (AvgIpc) is 3.16. The van der Waals surface area contributed by atoms with Crippen LogP contribution in [-0.2, 0) is 6.54 Å². The lowest BCUT2D eigenvalue weighted by Crippen LogP contribution is -2.48. The van der Waals surface area contributed by atoms with Gasteiger partial charge in [-0.1, -0.05) is 0 Å². The maximum absolute atomic E-state index is 12.5. The van der Waals surface area contributed by atoms with E-state index in [9.17, 15) is 31.1 Å². The number of amides is 1. The van der Waals surface area contributed by atoms with Crippen LogP contribution in [0.15, 0.2) is 34.9 Å². The van der Waals surface area contributed by atoms with Crippen molar-refractivity contribution in [1.29, 1.82) is 0 Å². The van der Waals surface area contributed by atoms with Crippen LogP contribution in [0.1, 0.15) is 16.1 Å². The number of carbonyl (C=O) groups is 1. The molecule has 2 aromatic rings. The zero-order valence-corrected chi connectivity index (χ0v) is 16.1. The van der Waals surface area contributed by atoms with Crippen LogP contribution in [0.3, 0.4) is 0 Å². The topological polar surface area (TPSA) is 103 Å². The van der Waals surface area contributed by atoms with Crippen LogP contribution in [0.4, 0.5) is 26.3 Å². The van der Waals surface area contributed by atoms with Gasteiger partial charge in [0.15, 0.2) is 18.3 Å². The highest BCUT2D eigenvalue weighted by atomic mass is 32.1. The number of hydrazine groups is 1. The number of nitrogens with one attached hydrogen (secondary N) is 1. The number of nitrogens with zero attached hydrogens (tertiary/aromatic N) is 2. The molecule has 2 heterocycles. The van der Waals surface area contributed by atoms with Crippen molar-refractivity contribution in [3.8, 4) is 11.8 Å². The molecule has 0 unspecified atom stereocenters. The first-order chi connectivity index (χ1) is 14.3. The van der Waals surface area contributed by atoms with Gasteiger partial charge in [-0.3, -0.25) is 15.2 Å². The third kappa shape index (κ3) is 8.57. The molecule has 0 aliphatic rings. The molecule has 8 nitrogen and oxygen atoms in total. The summed E-state index contributed by atoms with van der Waals surface area (Å²) in [4.78, 5) is 15.9. The first kappa shape index (κ1) is 24.0. The highest BCUT2D eigenvalue weighted by molar-refractivity contribution is 7.80. The fourth-order valence-corrected chi connectivity index (χ4v) is 2.10. The number of ether oxygens (including phenoxy) is 2. The summed E-state index contributed by atoms with van der Waals surface area (Å²) in [5.41, 5.74) is 7.35. The van der Waals surface area contributed by atoms with Gasteiger partial charge in [-0.25, -0.2) is 0 Å². The zero-order valence-electron chi connectivity index (χ0n) is 15.3. The van der Waals surface area contributed by atoms with Gasteiger partial charge in [-0.05, 0) is 24.4 Å². The quantitative estimate of drug-likeness (QED) is 0.360. The number of hydrogen-bond donors (Lipinski definition) is 2. The number of halogens is 6. The largest absolute Gasteiger partial charge is 0.468 e. The summed E-state index contributed by atoms with van der Waals surface area (Å²) >= 11 is 4.81. The van der Waals surface area contributed by atoms with Gasteiger partial charge in [0.25, 0.3) is 5.91 Å². The molecule has 0 atom stereocenters. The van der Waals surface area contributed by atoms with Gasteiger partial charge in [0, 0.05) is 12.1 Å². The van der Waals surface area contributed by atoms with Crippen molar-refractivity contribution in [3.63, 3.8) is 0 Å². The molecule has 3 N–H and O–H groups in total. The van der Waals surface area contributed by atoms with Crippen molar-refractivity contribution in [2.24, 2.45) is 5.73 Å². The van der Waals surface area contributed by atoms with Gasteiger partial charge < -0.3 is 19.6 Å². The van der Waals surface area contributed by atoms with Crippen LogP contribution in [0, 0.1) is 0 Å². The van der Waals surface area contributed by atoms with Crippen molar-refractivity contribution < 1.29 is 45.0 Å². The molecule has 170 valence electrons. The number of aromatic nitrogens is 1. The maximum Gasteiger partial charge on any atom is 0.422 e. The van der Waals surface area contributed by atoms with Crippen LogP contribution >= 0.6 is 12.2 Å². The Hall–Kier alpha value is -3.23. The van der Waals surface area contributed by atoms with Crippen molar-refractivity contribution in [3.05, 3.63) is 41.9 Å². The summed E-state index contributed by atoms with van der Waals surface area (Å²) in [6.07, 6.45) is -8.15. The molecule has 0 aliphatic heterocycles. The predicted octanol–water partition coefficient (Wildman–Crippen LogP) is 2.95. The summed E-state index contributed by atoms with van der Waals surface area (Å²) in [6.45, 7) is -3.68. The number of thiocarbonyl (C=S) groups is 1. The highest BCUT2D eigenvalue weighted by Crippen LogP contribution is 2.23. The molecule has 0 fully saturated rings. The van der Waals surface area contributed by atoms with Crippen LogP contribution in [-0.4, -0.2) is 46.6 Å². The molecule has 31 heavy (non-hydrogen) atoms. The fourth-order valence-electron chi connectivity index (χ4n) is 1.99. The lowest BCUT2D eigenvalue weighted by Gasteiger charge is -2.22. The molecule has 0 spiro atoms. The second-order valence-corrected chi connectivity index (χ2v) is 6.20. The Kier molecular flexibility index (Phi) is 7.54. The standard InChI is InChI=1S/C16H14F6N4O4S/c17-15(18,19)7-29-11-4-9(5-12(24-11)30-8-16(20,21)22)13(27)25-26(14(23)31)6-10-2-1-3-28-10/h1-5H,6-8H2,(H2,23,31)(H,25,27). The Labute approximate surface area is 175 Å². The third-order valence-electron chi connectivity index (χ3n) is 3.20. The monoisotopic (exact) mass is 472 g/mol. The van der Waals surface area contributed by atoms with Gasteiger partial charge in [-0.15, -0.1) is 0 Å². The molecule has 0 radical (unpaired) electrons. The van der Waals surface area contributed by atoms with Crippen LogP contribution < -0.4 is 20.6 Å². The zero-order chi connectivity index (χ0) is 23.2. The first-order valence-electron chi connectivity index (χ1n) is 8.14. The Morgan fingerprint density at radius 3 is 2.10 bits per heavy atom. The lowest BCUT2D eigenvalue weighted by molar-refractivity contribution is -0.155. The van der Waals surface area contributed by atoms with E-state index in [2.05, 4.69) is 19.9 Å². The molecule has 0 aromatic carbocycles. The van der Waals surface area contributed by atoms with E-state index in [0.717, 1.165) is 17.1 Å². The molecule has 0 saturated carbocycles. The van der Waals surface area contributed by atoms with E-state index in [1.54, 1.807) is 12.1 Å². The number of hydrogen-bond acceptors (Lipinski definition) is 6. The summed E-state index contributed by atoms with van der Waals surface area (Å²) in [5, 5.41) is 0.685. The number of nitrogens with two attached hydrogens (primary N) is 1. The van der Waals surface area contributed by atoms with Crippen molar-refractivity contribution in [2.75, 3.05) is 13.2 Å². The molecular weight excluding hydrogens is 458 g/mol. The molecule has 2 rings (SSSR count). The summed E-state index contributed by atoms with van der Waals surface area (Å²) < 4.78 is 88.3. The second kappa shape index (κ2) is 9.72.